The first-order valence-electron chi connectivity index (χ1n) is 4.76. The molecule has 0 saturated heterocycles. The van der Waals surface area contributed by atoms with Crippen LogP contribution in [0.4, 0.5) is 10.1 Å². The van der Waals surface area contributed by atoms with Crippen LogP contribution in [0.3, 0.4) is 0 Å². The predicted molar refractivity (Wildman–Crippen MR) is 56.3 cm³/mol. The molecule has 15 heavy (non-hydrogen) atoms. The number of para-hydroxylation sites is 1. The summed E-state index contributed by atoms with van der Waals surface area (Å²) in [4.78, 5) is 12.7. The van der Waals surface area contributed by atoms with Crippen molar-refractivity contribution < 1.29 is 13.9 Å². The first-order chi connectivity index (χ1) is 7.15. The van der Waals surface area contributed by atoms with Gasteiger partial charge in [-0.3, -0.25) is 4.79 Å². The van der Waals surface area contributed by atoms with Crippen molar-refractivity contribution in [3.05, 3.63) is 30.1 Å². The molecule has 0 unspecified atom stereocenters. The van der Waals surface area contributed by atoms with E-state index in [9.17, 15) is 9.18 Å². The molecule has 1 aromatic rings. The van der Waals surface area contributed by atoms with Gasteiger partial charge in [-0.25, -0.2) is 4.39 Å². The summed E-state index contributed by atoms with van der Waals surface area (Å²) >= 11 is 0. The lowest BCUT2D eigenvalue weighted by atomic mass is 10.3. The number of benzene rings is 1. The number of anilines is 1. The van der Waals surface area contributed by atoms with Gasteiger partial charge < -0.3 is 9.64 Å². The molecule has 0 aromatic heterocycles. The summed E-state index contributed by atoms with van der Waals surface area (Å²) in [5.74, 6) is -0.701. The molecule has 0 spiro atoms. The van der Waals surface area contributed by atoms with Gasteiger partial charge in [0, 0.05) is 7.05 Å². The van der Waals surface area contributed by atoms with E-state index in [4.69, 9.17) is 4.74 Å². The number of ether oxygens (including phenoxy) is 1. The first-order valence-corrected chi connectivity index (χ1v) is 4.76. The third-order valence-corrected chi connectivity index (χ3v) is 1.94. The van der Waals surface area contributed by atoms with E-state index in [1.807, 2.05) is 0 Å². The van der Waals surface area contributed by atoms with Crippen LogP contribution < -0.4 is 4.90 Å². The molecule has 0 N–H and O–H groups in total. The number of halogens is 1. The topological polar surface area (TPSA) is 29.5 Å². The molecule has 0 heterocycles. The molecule has 82 valence electrons. The number of nitrogens with zero attached hydrogens (tertiary/aromatic N) is 1. The molecule has 0 saturated carbocycles. The summed E-state index contributed by atoms with van der Waals surface area (Å²) < 4.78 is 18.1. The number of hydrogen-bond donors (Lipinski definition) is 0. The molecule has 3 nitrogen and oxygen atoms in total. The molecule has 1 aromatic carbocycles. The van der Waals surface area contributed by atoms with Crippen LogP contribution in [0.25, 0.3) is 0 Å². The third kappa shape index (κ3) is 3.23. The second-order valence-electron chi connectivity index (χ2n) is 3.11. The zero-order valence-corrected chi connectivity index (χ0v) is 8.87. The largest absolute Gasteiger partial charge is 0.465 e. The summed E-state index contributed by atoms with van der Waals surface area (Å²) in [6.07, 6.45) is 0. The summed E-state index contributed by atoms with van der Waals surface area (Å²) in [6, 6.07) is 6.31. The van der Waals surface area contributed by atoms with E-state index in [1.54, 1.807) is 32.2 Å². The molecule has 0 atom stereocenters. The van der Waals surface area contributed by atoms with E-state index in [0.717, 1.165) is 0 Å². The monoisotopic (exact) mass is 211 g/mol. The fourth-order valence-electron chi connectivity index (χ4n) is 1.25. The Morgan fingerprint density at radius 3 is 2.73 bits per heavy atom. The maximum Gasteiger partial charge on any atom is 0.325 e. The molecule has 0 aliphatic heterocycles. The Hall–Kier alpha value is -1.58. The zero-order valence-electron chi connectivity index (χ0n) is 8.87. The van der Waals surface area contributed by atoms with Gasteiger partial charge in [-0.1, -0.05) is 12.1 Å². The van der Waals surface area contributed by atoms with Gasteiger partial charge in [-0.15, -0.1) is 0 Å². The molecule has 0 amide bonds. The van der Waals surface area contributed by atoms with Crippen molar-refractivity contribution >= 4 is 11.7 Å². The normalized spacial score (nSPS) is 9.80. The molecule has 0 bridgehead atoms. The van der Waals surface area contributed by atoms with Gasteiger partial charge >= 0.3 is 5.97 Å². The predicted octanol–water partition coefficient (Wildman–Crippen LogP) is 1.83. The van der Waals surface area contributed by atoms with Crippen LogP contribution in [0.15, 0.2) is 24.3 Å². The molecule has 0 aliphatic rings. The molecule has 0 fully saturated rings. The highest BCUT2D eigenvalue weighted by Gasteiger charge is 2.10. The van der Waals surface area contributed by atoms with E-state index in [0.29, 0.717) is 12.3 Å². The second-order valence-corrected chi connectivity index (χ2v) is 3.11. The lowest BCUT2D eigenvalue weighted by Gasteiger charge is -2.18. The van der Waals surface area contributed by atoms with Crippen molar-refractivity contribution in [2.75, 3.05) is 25.1 Å². The Bertz CT molecular complexity index is 341. The van der Waals surface area contributed by atoms with E-state index < -0.39 is 0 Å². The fraction of sp³-hybridized carbons (Fsp3) is 0.364. The van der Waals surface area contributed by atoms with Crippen LogP contribution >= 0.6 is 0 Å². The molecule has 0 aliphatic carbocycles. The maximum atomic E-state index is 13.3. The SMILES string of the molecule is CCOC(=O)CN(C)c1ccccc1F. The number of hydrogen-bond acceptors (Lipinski definition) is 3. The number of rotatable bonds is 4. The zero-order chi connectivity index (χ0) is 11.3. The molecular weight excluding hydrogens is 197 g/mol. The van der Waals surface area contributed by atoms with Crippen LogP contribution in [0.5, 0.6) is 0 Å². The lowest BCUT2D eigenvalue weighted by Crippen LogP contribution is -2.27. The van der Waals surface area contributed by atoms with Crippen molar-refractivity contribution in [2.45, 2.75) is 6.92 Å². The molecule has 1 rings (SSSR count). The van der Waals surface area contributed by atoms with Gasteiger partial charge in [0.25, 0.3) is 0 Å². The third-order valence-electron chi connectivity index (χ3n) is 1.94. The van der Waals surface area contributed by atoms with Crippen molar-refractivity contribution in [3.8, 4) is 0 Å². The fourth-order valence-corrected chi connectivity index (χ4v) is 1.25. The Labute approximate surface area is 88.5 Å². The summed E-state index contributed by atoms with van der Waals surface area (Å²) in [5.41, 5.74) is 0.394. The minimum absolute atomic E-state index is 0.0504. The van der Waals surface area contributed by atoms with Crippen LogP contribution in [0.1, 0.15) is 6.92 Å². The second kappa shape index (κ2) is 5.34. The van der Waals surface area contributed by atoms with Crippen molar-refractivity contribution in [1.29, 1.82) is 0 Å². The van der Waals surface area contributed by atoms with Crippen LogP contribution in [-0.2, 0) is 9.53 Å². The summed E-state index contributed by atoms with van der Waals surface area (Å²) in [7, 11) is 1.65. The standard InChI is InChI=1S/C11H14FNO2/c1-3-15-11(14)8-13(2)10-7-5-4-6-9(10)12/h4-7H,3,8H2,1-2H3. The number of carbonyl (C=O) groups is 1. The van der Waals surface area contributed by atoms with Gasteiger partial charge in [-0.05, 0) is 19.1 Å². The molecule has 0 radical (unpaired) electrons. The van der Waals surface area contributed by atoms with Crippen LogP contribution in [0.2, 0.25) is 0 Å². The quantitative estimate of drug-likeness (QED) is 0.711. The number of carbonyl (C=O) groups excluding carboxylic acids is 1. The van der Waals surface area contributed by atoms with Gasteiger partial charge in [0.05, 0.1) is 12.3 Å². The average molecular weight is 211 g/mol. The van der Waals surface area contributed by atoms with E-state index in [-0.39, 0.29) is 18.3 Å². The highest BCUT2D eigenvalue weighted by molar-refractivity contribution is 5.75. The summed E-state index contributed by atoms with van der Waals surface area (Å²) in [5, 5.41) is 0. The maximum absolute atomic E-state index is 13.3. The Kier molecular flexibility index (Phi) is 4.09. The minimum atomic E-state index is -0.358. The minimum Gasteiger partial charge on any atom is -0.465 e. The highest BCUT2D eigenvalue weighted by atomic mass is 19.1. The average Bonchev–Trinajstić information content (AvgIpc) is 2.18. The van der Waals surface area contributed by atoms with Gasteiger partial charge in [0.15, 0.2) is 0 Å². The van der Waals surface area contributed by atoms with Crippen LogP contribution in [0, 0.1) is 5.82 Å². The van der Waals surface area contributed by atoms with Gasteiger partial charge in [-0.2, -0.15) is 0 Å². The Morgan fingerprint density at radius 2 is 2.13 bits per heavy atom. The van der Waals surface area contributed by atoms with Crippen molar-refractivity contribution in [1.82, 2.24) is 0 Å². The van der Waals surface area contributed by atoms with E-state index >= 15 is 0 Å². The van der Waals surface area contributed by atoms with Crippen LogP contribution in [-0.4, -0.2) is 26.2 Å². The lowest BCUT2D eigenvalue weighted by molar-refractivity contribution is -0.141. The Balaban J connectivity index is 2.65. The number of esters is 1. The van der Waals surface area contributed by atoms with Gasteiger partial charge in [0.1, 0.15) is 12.4 Å². The highest BCUT2D eigenvalue weighted by Crippen LogP contribution is 2.16. The smallest absolute Gasteiger partial charge is 0.325 e. The first kappa shape index (κ1) is 11.5. The van der Waals surface area contributed by atoms with E-state index in [2.05, 4.69) is 0 Å². The van der Waals surface area contributed by atoms with Crippen molar-refractivity contribution in [2.24, 2.45) is 0 Å². The molecular formula is C11H14FNO2. The molecule has 4 heteroatoms. The van der Waals surface area contributed by atoms with Gasteiger partial charge in [0.2, 0.25) is 0 Å². The number of likely N-dealkylation sites (N-methyl/N-ethyl adjacent to an activating group) is 1. The van der Waals surface area contributed by atoms with Crippen molar-refractivity contribution in [3.63, 3.8) is 0 Å². The Morgan fingerprint density at radius 1 is 1.47 bits per heavy atom. The summed E-state index contributed by atoms with van der Waals surface area (Å²) in [6.45, 7) is 2.12. The van der Waals surface area contributed by atoms with E-state index in [1.165, 1.54) is 11.0 Å².